The number of aromatic nitrogens is 2. The fourth-order valence-corrected chi connectivity index (χ4v) is 7.17. The van der Waals surface area contributed by atoms with E-state index >= 15 is 0 Å². The van der Waals surface area contributed by atoms with Crippen LogP contribution in [0.4, 0.5) is 11.5 Å². The Morgan fingerprint density at radius 3 is 2.61 bits per heavy atom. The van der Waals surface area contributed by atoms with Crippen molar-refractivity contribution in [1.29, 1.82) is 0 Å². The van der Waals surface area contributed by atoms with Crippen molar-refractivity contribution in [2.24, 2.45) is 5.41 Å². The highest BCUT2D eigenvalue weighted by atomic mass is 32.2. The second kappa shape index (κ2) is 10.2. The van der Waals surface area contributed by atoms with E-state index in [9.17, 15) is 9.59 Å². The Kier molecular flexibility index (Phi) is 6.70. The van der Waals surface area contributed by atoms with Gasteiger partial charge in [0.25, 0.3) is 0 Å². The van der Waals surface area contributed by atoms with Crippen LogP contribution in [0.1, 0.15) is 51.5 Å². The third kappa shape index (κ3) is 4.50. The lowest BCUT2D eigenvalue weighted by molar-refractivity contribution is -0.143. The minimum Gasteiger partial charge on any atom is -0.441 e. The predicted octanol–water partition coefficient (Wildman–Crippen LogP) is 5.69. The predicted molar refractivity (Wildman–Crippen MR) is 150 cm³/mol. The summed E-state index contributed by atoms with van der Waals surface area (Å²) < 4.78 is 5.88. The smallest absolute Gasteiger partial charge is 0.325 e. The summed E-state index contributed by atoms with van der Waals surface area (Å²) in [7, 11) is 0. The molecule has 1 spiro atoms. The monoisotopic (exact) mass is 528 g/mol. The summed E-state index contributed by atoms with van der Waals surface area (Å²) >= 11 is 1.60. The van der Waals surface area contributed by atoms with Crippen LogP contribution in [0, 0.1) is 5.41 Å². The SMILES string of the molecule is CC(C)SC1=C(C2NC(Cc3ccc(Nc4nccc5ccncc45)cc3)C(=O)O2)C2(CCCCC2)C1=O. The number of Topliss-reactive ketones (excluding diaryl/α,β-unsaturated/α-hetero) is 1. The summed E-state index contributed by atoms with van der Waals surface area (Å²) in [5, 5.41) is 9.13. The third-order valence-electron chi connectivity index (χ3n) is 7.82. The highest BCUT2D eigenvalue weighted by Crippen LogP contribution is 2.58. The summed E-state index contributed by atoms with van der Waals surface area (Å²) in [6.45, 7) is 4.19. The van der Waals surface area contributed by atoms with Crippen molar-refractivity contribution in [2.75, 3.05) is 5.32 Å². The molecule has 0 bridgehead atoms. The molecule has 0 amide bonds. The number of allylic oxidation sites excluding steroid dienone is 1. The van der Waals surface area contributed by atoms with Gasteiger partial charge in [-0.05, 0) is 54.5 Å². The van der Waals surface area contributed by atoms with Crippen molar-refractivity contribution in [3.05, 3.63) is 71.0 Å². The van der Waals surface area contributed by atoms with E-state index in [1.807, 2.05) is 36.4 Å². The number of nitrogens with zero attached hydrogens (tertiary/aromatic N) is 2. The summed E-state index contributed by atoms with van der Waals surface area (Å²) in [4.78, 5) is 35.7. The Morgan fingerprint density at radius 1 is 1.08 bits per heavy atom. The van der Waals surface area contributed by atoms with E-state index in [2.05, 4.69) is 34.4 Å². The van der Waals surface area contributed by atoms with E-state index in [1.54, 1.807) is 30.4 Å². The zero-order chi connectivity index (χ0) is 26.3. The second-order valence-electron chi connectivity index (χ2n) is 10.7. The van der Waals surface area contributed by atoms with Gasteiger partial charge in [0.15, 0.2) is 12.0 Å². The number of ether oxygens (including phenoxy) is 1. The van der Waals surface area contributed by atoms with Crippen molar-refractivity contribution in [2.45, 2.75) is 69.9 Å². The molecule has 38 heavy (non-hydrogen) atoms. The molecule has 7 nitrogen and oxygen atoms in total. The minimum absolute atomic E-state index is 0.253. The molecule has 6 rings (SSSR count). The fraction of sp³-hybridized carbons (Fsp3) is 0.400. The van der Waals surface area contributed by atoms with Crippen molar-refractivity contribution in [3.63, 3.8) is 0 Å². The van der Waals surface area contributed by atoms with Gasteiger partial charge in [-0.1, -0.05) is 45.2 Å². The maximum Gasteiger partial charge on any atom is 0.325 e. The lowest BCUT2D eigenvalue weighted by Gasteiger charge is -2.48. The number of ketones is 1. The van der Waals surface area contributed by atoms with Crippen molar-refractivity contribution < 1.29 is 14.3 Å². The molecule has 1 aromatic carbocycles. The van der Waals surface area contributed by atoms with Gasteiger partial charge in [0.05, 0.1) is 10.3 Å². The molecule has 0 radical (unpaired) electrons. The number of nitrogens with one attached hydrogen (secondary N) is 2. The van der Waals surface area contributed by atoms with Crippen LogP contribution in [0.25, 0.3) is 10.8 Å². The Balaban J connectivity index is 1.16. The van der Waals surface area contributed by atoms with Crippen molar-refractivity contribution in [1.82, 2.24) is 15.3 Å². The number of esters is 1. The molecule has 2 N–H and O–H groups in total. The second-order valence-corrected chi connectivity index (χ2v) is 12.3. The van der Waals surface area contributed by atoms with Crippen LogP contribution in [-0.2, 0) is 20.7 Å². The molecule has 2 aliphatic carbocycles. The molecule has 1 saturated heterocycles. The van der Waals surface area contributed by atoms with Gasteiger partial charge >= 0.3 is 5.97 Å². The third-order valence-corrected chi connectivity index (χ3v) is 8.93. The molecule has 2 unspecified atom stereocenters. The van der Waals surface area contributed by atoms with Gasteiger partial charge in [-0.2, -0.15) is 0 Å². The van der Waals surface area contributed by atoms with Gasteiger partial charge < -0.3 is 10.1 Å². The normalized spacial score (nSPS) is 22.7. The molecule has 196 valence electrons. The Labute approximate surface area is 226 Å². The molecule has 1 aliphatic heterocycles. The molecule has 3 aromatic rings. The molecule has 1 saturated carbocycles. The number of carbonyl (C=O) groups is 2. The van der Waals surface area contributed by atoms with Crippen LogP contribution in [0.15, 0.2) is 65.5 Å². The van der Waals surface area contributed by atoms with Crippen molar-refractivity contribution >= 4 is 45.8 Å². The number of carbonyl (C=O) groups excluding carboxylic acids is 2. The van der Waals surface area contributed by atoms with Crippen molar-refractivity contribution in [3.8, 4) is 0 Å². The molecule has 2 fully saturated rings. The summed E-state index contributed by atoms with van der Waals surface area (Å²) in [6, 6.07) is 11.5. The molecule has 2 atom stereocenters. The van der Waals surface area contributed by atoms with E-state index in [0.29, 0.717) is 11.7 Å². The number of pyridine rings is 2. The molecule has 2 aromatic heterocycles. The molecular weight excluding hydrogens is 496 g/mol. The van der Waals surface area contributed by atoms with Gasteiger partial charge in [0.1, 0.15) is 11.9 Å². The average molecular weight is 529 g/mol. The lowest BCUT2D eigenvalue weighted by Crippen LogP contribution is -2.52. The number of cyclic esters (lactones) is 1. The van der Waals surface area contributed by atoms with E-state index < -0.39 is 17.7 Å². The number of anilines is 2. The summed E-state index contributed by atoms with van der Waals surface area (Å²) in [5.41, 5.74) is 2.51. The van der Waals surface area contributed by atoms with E-state index in [4.69, 9.17) is 4.74 Å². The Bertz CT molecular complexity index is 1410. The van der Waals surface area contributed by atoms with E-state index in [-0.39, 0.29) is 11.8 Å². The highest BCUT2D eigenvalue weighted by molar-refractivity contribution is 8.04. The first kappa shape index (κ1) is 25.1. The lowest BCUT2D eigenvalue weighted by atomic mass is 9.59. The van der Waals surface area contributed by atoms with Crippen LogP contribution in [-0.4, -0.2) is 39.2 Å². The van der Waals surface area contributed by atoms with Gasteiger partial charge in [0.2, 0.25) is 0 Å². The topological polar surface area (TPSA) is 93.2 Å². The quantitative estimate of drug-likeness (QED) is 0.378. The number of rotatable bonds is 7. The molecular formula is C30H32N4O3S. The maximum atomic E-state index is 13.3. The Hall–Kier alpha value is -3.23. The van der Waals surface area contributed by atoms with Gasteiger partial charge in [0, 0.05) is 40.5 Å². The number of thioether (sulfide) groups is 1. The zero-order valence-corrected chi connectivity index (χ0v) is 22.5. The number of hydrogen-bond donors (Lipinski definition) is 2. The summed E-state index contributed by atoms with van der Waals surface area (Å²) in [6.07, 6.45) is 10.3. The Morgan fingerprint density at radius 2 is 1.84 bits per heavy atom. The largest absolute Gasteiger partial charge is 0.441 e. The zero-order valence-electron chi connectivity index (χ0n) is 21.7. The number of benzene rings is 1. The molecule has 8 heteroatoms. The number of fused-ring (bicyclic) bond motifs is 1. The van der Waals surface area contributed by atoms with Crippen LogP contribution < -0.4 is 10.6 Å². The first-order chi connectivity index (χ1) is 18.4. The van der Waals surface area contributed by atoms with Crippen LogP contribution in [0.5, 0.6) is 0 Å². The van der Waals surface area contributed by atoms with Gasteiger partial charge in [-0.15, -0.1) is 11.8 Å². The highest BCUT2D eigenvalue weighted by Gasteiger charge is 2.58. The summed E-state index contributed by atoms with van der Waals surface area (Å²) in [5.74, 6) is 0.755. The van der Waals surface area contributed by atoms with E-state index in [0.717, 1.165) is 70.4 Å². The first-order valence-electron chi connectivity index (χ1n) is 13.4. The van der Waals surface area contributed by atoms with Crippen LogP contribution >= 0.6 is 11.8 Å². The standard InChI is InChI=1S/C30H32N4O3S/c1-18(2)38-25-24(30(26(25)35)12-4-3-5-13-30)28-34-23(29(36)37-28)16-19-6-8-21(9-7-19)33-27-22-17-31-14-10-20(22)11-15-32-27/h6-11,14-15,17-18,23,28,34H,3-5,12-13,16H2,1-2H3,(H,32,33). The minimum atomic E-state index is -0.517. The molecule has 3 aliphatic rings. The van der Waals surface area contributed by atoms with Crippen LogP contribution in [0.2, 0.25) is 0 Å². The fourth-order valence-electron chi connectivity index (χ4n) is 5.97. The maximum absolute atomic E-state index is 13.3. The molecule has 3 heterocycles. The number of hydrogen-bond acceptors (Lipinski definition) is 8. The van der Waals surface area contributed by atoms with E-state index in [1.165, 1.54) is 0 Å². The average Bonchev–Trinajstić information content (AvgIpc) is 3.28. The van der Waals surface area contributed by atoms with Gasteiger partial charge in [-0.25, -0.2) is 4.98 Å². The van der Waals surface area contributed by atoms with Crippen LogP contribution in [0.3, 0.4) is 0 Å². The first-order valence-corrected chi connectivity index (χ1v) is 14.3. The van der Waals surface area contributed by atoms with Gasteiger partial charge in [-0.3, -0.25) is 19.9 Å².